The van der Waals surface area contributed by atoms with Crippen molar-refractivity contribution in [1.82, 2.24) is 4.98 Å². The first-order valence-electron chi connectivity index (χ1n) is 6.55. The molecule has 112 valence electrons. The topological polar surface area (TPSA) is 72.6 Å². The van der Waals surface area contributed by atoms with E-state index in [9.17, 15) is 9.90 Å². The molecule has 0 saturated heterocycles. The number of carboxylic acid groups (broad SMARTS) is 1. The Morgan fingerprint density at radius 1 is 1.18 bits per heavy atom. The summed E-state index contributed by atoms with van der Waals surface area (Å²) in [4.78, 5) is 16.0. The number of alkyl halides is 1. The highest BCUT2D eigenvalue weighted by atomic mass is 35.5. The summed E-state index contributed by atoms with van der Waals surface area (Å²) in [6, 6.07) is 15.6. The van der Waals surface area contributed by atoms with Gasteiger partial charge in [0.15, 0.2) is 5.58 Å². The van der Waals surface area contributed by atoms with Crippen molar-refractivity contribution < 1.29 is 19.1 Å². The smallest absolute Gasteiger partial charge is 0.359 e. The fourth-order valence-corrected chi connectivity index (χ4v) is 2.34. The summed E-state index contributed by atoms with van der Waals surface area (Å²) in [7, 11) is 0. The lowest BCUT2D eigenvalue weighted by Crippen LogP contribution is -2.44. The number of oxazole rings is 1. The minimum absolute atomic E-state index is 0.0833. The lowest BCUT2D eigenvalue weighted by atomic mass is 10.1. The van der Waals surface area contributed by atoms with Gasteiger partial charge in [-0.15, -0.1) is 11.6 Å². The van der Waals surface area contributed by atoms with Gasteiger partial charge in [0.2, 0.25) is 0 Å². The van der Waals surface area contributed by atoms with Crippen LogP contribution >= 0.6 is 11.6 Å². The van der Waals surface area contributed by atoms with Crippen LogP contribution < -0.4 is 4.74 Å². The van der Waals surface area contributed by atoms with E-state index in [0.29, 0.717) is 16.8 Å². The largest absolute Gasteiger partial charge is 0.478 e. The van der Waals surface area contributed by atoms with Crippen LogP contribution in [0.15, 0.2) is 59.0 Å². The third-order valence-electron chi connectivity index (χ3n) is 3.21. The number of rotatable bonds is 5. The van der Waals surface area contributed by atoms with Crippen LogP contribution in [0.4, 0.5) is 0 Å². The first-order valence-corrected chi connectivity index (χ1v) is 7.08. The van der Waals surface area contributed by atoms with Crippen LogP contribution in [0.25, 0.3) is 11.1 Å². The molecule has 1 heterocycles. The molecule has 3 rings (SSSR count). The molecule has 0 fully saturated rings. The zero-order chi connectivity index (χ0) is 15.6. The molecule has 0 aliphatic heterocycles. The molecule has 0 saturated carbocycles. The second-order valence-corrected chi connectivity index (χ2v) is 4.93. The number of carboxylic acids is 1. The van der Waals surface area contributed by atoms with Crippen molar-refractivity contribution in [2.45, 2.75) is 5.60 Å². The van der Waals surface area contributed by atoms with E-state index in [1.165, 1.54) is 0 Å². The van der Waals surface area contributed by atoms with Crippen LogP contribution in [0.2, 0.25) is 0 Å². The van der Waals surface area contributed by atoms with Crippen LogP contribution in [0.3, 0.4) is 0 Å². The van der Waals surface area contributed by atoms with Crippen molar-refractivity contribution in [3.8, 4) is 5.75 Å². The van der Waals surface area contributed by atoms with Crippen molar-refractivity contribution >= 4 is 28.7 Å². The molecule has 1 N–H and O–H groups in total. The Morgan fingerprint density at radius 3 is 2.50 bits per heavy atom. The van der Waals surface area contributed by atoms with Gasteiger partial charge in [-0.25, -0.2) is 9.78 Å². The number of benzene rings is 2. The molecule has 1 aromatic heterocycles. The first-order chi connectivity index (χ1) is 10.7. The molecule has 0 aliphatic rings. The zero-order valence-corrected chi connectivity index (χ0v) is 12.2. The average molecular weight is 318 g/mol. The number of hydrogen-bond acceptors (Lipinski definition) is 4. The molecule has 6 heteroatoms. The Hall–Kier alpha value is -2.53. The van der Waals surface area contributed by atoms with E-state index in [1.54, 1.807) is 54.6 Å². The maximum Gasteiger partial charge on any atom is 0.359 e. The predicted octanol–water partition coefficient (Wildman–Crippen LogP) is 3.43. The minimum atomic E-state index is -1.89. The molecule has 0 spiro atoms. The molecule has 2 aromatic carbocycles. The lowest BCUT2D eigenvalue weighted by Gasteiger charge is -2.24. The highest BCUT2D eigenvalue weighted by Gasteiger charge is 2.47. The van der Waals surface area contributed by atoms with Crippen molar-refractivity contribution in [3.05, 3.63) is 60.5 Å². The third-order valence-corrected chi connectivity index (χ3v) is 3.58. The van der Waals surface area contributed by atoms with Crippen LogP contribution in [0.1, 0.15) is 5.89 Å². The second kappa shape index (κ2) is 5.69. The fraction of sp³-hybridized carbons (Fsp3) is 0.125. The van der Waals surface area contributed by atoms with E-state index in [4.69, 9.17) is 20.8 Å². The Bertz CT molecular complexity index is 769. The van der Waals surface area contributed by atoms with E-state index in [1.807, 2.05) is 0 Å². The number of aromatic nitrogens is 1. The molecule has 1 unspecified atom stereocenters. The summed E-state index contributed by atoms with van der Waals surface area (Å²) in [5, 5.41) is 9.65. The van der Waals surface area contributed by atoms with E-state index < -0.39 is 11.6 Å². The maximum absolute atomic E-state index is 11.8. The molecule has 0 radical (unpaired) electrons. The van der Waals surface area contributed by atoms with Gasteiger partial charge in [-0.1, -0.05) is 30.3 Å². The quantitative estimate of drug-likeness (QED) is 0.730. The molecular weight excluding hydrogens is 306 g/mol. The van der Waals surface area contributed by atoms with Gasteiger partial charge >= 0.3 is 5.97 Å². The Labute approximate surface area is 131 Å². The van der Waals surface area contributed by atoms with Crippen LogP contribution in [0.5, 0.6) is 5.75 Å². The predicted molar refractivity (Wildman–Crippen MR) is 81.1 cm³/mol. The first kappa shape index (κ1) is 14.4. The number of nitrogens with zero attached hydrogens (tertiary/aromatic N) is 1. The Kier molecular flexibility index (Phi) is 3.73. The lowest BCUT2D eigenvalue weighted by molar-refractivity contribution is -0.156. The number of halogens is 1. The van der Waals surface area contributed by atoms with Gasteiger partial charge in [-0.2, -0.15) is 0 Å². The molecule has 1 atom stereocenters. The monoisotopic (exact) mass is 317 g/mol. The number of carbonyl (C=O) groups is 1. The number of para-hydroxylation sites is 3. The summed E-state index contributed by atoms with van der Waals surface area (Å²) >= 11 is 5.93. The summed E-state index contributed by atoms with van der Waals surface area (Å²) in [6.45, 7) is 0. The van der Waals surface area contributed by atoms with E-state index in [0.717, 1.165) is 0 Å². The second-order valence-electron chi connectivity index (χ2n) is 4.67. The highest BCUT2D eigenvalue weighted by molar-refractivity contribution is 6.20. The fourth-order valence-electron chi connectivity index (χ4n) is 2.06. The number of hydrogen-bond donors (Lipinski definition) is 1. The highest BCUT2D eigenvalue weighted by Crippen LogP contribution is 2.32. The standard InChI is InChI=1S/C16H12ClNO4/c17-10-16(15(19)20,22-11-6-2-1-3-7-11)14-18-12-8-4-5-9-13(12)21-14/h1-9H,10H2,(H,19,20). The zero-order valence-electron chi connectivity index (χ0n) is 11.4. The Balaban J connectivity index is 2.10. The normalized spacial score (nSPS) is 13.7. The third kappa shape index (κ3) is 2.40. The average Bonchev–Trinajstić information content (AvgIpc) is 2.97. The number of ether oxygens (including phenoxy) is 1. The van der Waals surface area contributed by atoms with Gasteiger partial charge in [0, 0.05) is 0 Å². The SMILES string of the molecule is O=C(O)C(CCl)(Oc1ccccc1)c1nc2ccccc2o1. The van der Waals surface area contributed by atoms with E-state index in [-0.39, 0.29) is 11.8 Å². The van der Waals surface area contributed by atoms with E-state index >= 15 is 0 Å². The molecular formula is C16H12ClNO4. The molecule has 0 amide bonds. The maximum atomic E-state index is 11.8. The van der Waals surface area contributed by atoms with Gasteiger partial charge in [0.25, 0.3) is 11.5 Å². The Morgan fingerprint density at radius 2 is 1.86 bits per heavy atom. The van der Waals surface area contributed by atoms with Crippen molar-refractivity contribution in [1.29, 1.82) is 0 Å². The van der Waals surface area contributed by atoms with Gasteiger partial charge in [0.05, 0.1) is 5.88 Å². The summed E-state index contributed by atoms with van der Waals surface area (Å²) in [5.74, 6) is -1.32. The molecule has 5 nitrogen and oxygen atoms in total. The molecule has 0 bridgehead atoms. The number of aliphatic carboxylic acids is 1. The summed E-state index contributed by atoms with van der Waals surface area (Å²) < 4.78 is 11.2. The van der Waals surface area contributed by atoms with Crippen molar-refractivity contribution in [3.63, 3.8) is 0 Å². The van der Waals surface area contributed by atoms with Gasteiger partial charge in [-0.05, 0) is 24.3 Å². The van der Waals surface area contributed by atoms with Crippen LogP contribution in [0, 0.1) is 0 Å². The van der Waals surface area contributed by atoms with Crippen LogP contribution in [-0.2, 0) is 10.4 Å². The molecule has 22 heavy (non-hydrogen) atoms. The summed E-state index contributed by atoms with van der Waals surface area (Å²) in [5.41, 5.74) is -0.864. The van der Waals surface area contributed by atoms with Crippen LogP contribution in [-0.4, -0.2) is 21.9 Å². The van der Waals surface area contributed by atoms with E-state index in [2.05, 4.69) is 4.98 Å². The van der Waals surface area contributed by atoms with Gasteiger partial charge in [-0.3, -0.25) is 0 Å². The minimum Gasteiger partial charge on any atom is -0.478 e. The number of fused-ring (bicyclic) bond motifs is 1. The van der Waals surface area contributed by atoms with Gasteiger partial charge in [0.1, 0.15) is 11.3 Å². The van der Waals surface area contributed by atoms with Gasteiger partial charge < -0.3 is 14.3 Å². The van der Waals surface area contributed by atoms with Crippen molar-refractivity contribution in [2.75, 3.05) is 5.88 Å². The summed E-state index contributed by atoms with van der Waals surface area (Å²) in [6.07, 6.45) is 0. The van der Waals surface area contributed by atoms with Crippen molar-refractivity contribution in [2.24, 2.45) is 0 Å². The molecule has 3 aromatic rings. The molecule has 0 aliphatic carbocycles.